The molecule has 0 saturated carbocycles. The molecular formula is C28H27N3O10S. The van der Waals surface area contributed by atoms with Gasteiger partial charge in [-0.25, -0.2) is 0 Å². The van der Waals surface area contributed by atoms with Gasteiger partial charge in [0.05, 0.1) is 42.8 Å². The molecule has 1 aliphatic carbocycles. The maximum atomic E-state index is 13.5. The van der Waals surface area contributed by atoms with E-state index < -0.39 is 34.3 Å². The Bertz CT molecular complexity index is 1630. The van der Waals surface area contributed by atoms with Crippen molar-refractivity contribution in [3.05, 3.63) is 95.2 Å². The van der Waals surface area contributed by atoms with Crippen LogP contribution >= 0.6 is 11.8 Å². The standard InChI is InChI=1S/C28H27N3O10S/c1-38-23-12-15-5-8-20(29-28(33)16-6-9-21(30(34)35)17(11-16)14-41-31(36)37)19-13-22(32)24(42-4)10-7-18(19)25(15)27(40-3)26(23)39-2/h6-7,9-13,20H,5,8,14H2,1-4H3,(H,29,33)/t20-/m0/s1. The molecule has 1 amide bonds. The van der Waals surface area contributed by atoms with E-state index >= 15 is 0 Å². The molecular weight excluding hydrogens is 570 g/mol. The van der Waals surface area contributed by atoms with E-state index in [1.807, 2.05) is 6.07 Å². The number of nitrogens with zero attached hydrogens (tertiary/aromatic N) is 2. The highest BCUT2D eigenvalue weighted by Gasteiger charge is 2.30. The molecule has 1 aliphatic rings. The van der Waals surface area contributed by atoms with Crippen molar-refractivity contribution < 1.29 is 33.9 Å². The molecule has 0 radical (unpaired) electrons. The van der Waals surface area contributed by atoms with Crippen molar-refractivity contribution in [2.75, 3.05) is 27.6 Å². The van der Waals surface area contributed by atoms with Crippen LogP contribution in [-0.2, 0) is 17.9 Å². The van der Waals surface area contributed by atoms with Gasteiger partial charge >= 0.3 is 0 Å². The number of benzene rings is 2. The minimum Gasteiger partial charge on any atom is -0.493 e. The second-order valence-electron chi connectivity index (χ2n) is 9.12. The zero-order valence-corrected chi connectivity index (χ0v) is 23.9. The Morgan fingerprint density at radius 1 is 1.02 bits per heavy atom. The van der Waals surface area contributed by atoms with Crippen molar-refractivity contribution in [3.8, 4) is 28.4 Å². The lowest BCUT2D eigenvalue weighted by atomic mass is 9.95. The molecule has 0 spiro atoms. The number of rotatable bonds is 10. The first-order valence-corrected chi connectivity index (χ1v) is 13.8. The Balaban J connectivity index is 1.84. The number of amides is 1. The van der Waals surface area contributed by atoms with Gasteiger partial charge in [-0.15, -0.1) is 21.9 Å². The number of ether oxygens (including phenoxy) is 3. The number of carbonyl (C=O) groups excluding carboxylic acids is 1. The fraction of sp³-hybridized carbons (Fsp3) is 0.286. The van der Waals surface area contributed by atoms with E-state index in [-0.39, 0.29) is 16.6 Å². The summed E-state index contributed by atoms with van der Waals surface area (Å²) in [5.41, 5.74) is 1.95. The van der Waals surface area contributed by atoms with Crippen molar-refractivity contribution in [2.45, 2.75) is 30.4 Å². The van der Waals surface area contributed by atoms with Crippen LogP contribution in [0.5, 0.6) is 17.2 Å². The molecule has 0 aromatic heterocycles. The van der Waals surface area contributed by atoms with Gasteiger partial charge in [0.1, 0.15) is 6.61 Å². The molecule has 3 aromatic rings. The molecule has 1 atom stereocenters. The second-order valence-corrected chi connectivity index (χ2v) is 9.97. The van der Waals surface area contributed by atoms with Crippen LogP contribution in [0.4, 0.5) is 5.69 Å². The highest BCUT2D eigenvalue weighted by molar-refractivity contribution is 7.98. The molecule has 0 unspecified atom stereocenters. The summed E-state index contributed by atoms with van der Waals surface area (Å²) in [6, 6.07) is 9.71. The summed E-state index contributed by atoms with van der Waals surface area (Å²) in [7, 11) is 4.52. The van der Waals surface area contributed by atoms with E-state index in [0.717, 1.165) is 11.6 Å². The van der Waals surface area contributed by atoms with Gasteiger partial charge in [-0.05, 0) is 66.1 Å². The van der Waals surface area contributed by atoms with E-state index in [2.05, 4.69) is 10.2 Å². The largest absolute Gasteiger partial charge is 0.493 e. The molecule has 0 bridgehead atoms. The van der Waals surface area contributed by atoms with Crippen LogP contribution in [0.2, 0.25) is 0 Å². The zero-order chi connectivity index (χ0) is 30.6. The number of fused-ring (bicyclic) bond motifs is 3. The first-order chi connectivity index (χ1) is 20.1. The molecule has 4 rings (SSSR count). The third kappa shape index (κ3) is 5.93. The summed E-state index contributed by atoms with van der Waals surface area (Å²) in [6.45, 7) is -0.706. The van der Waals surface area contributed by atoms with Gasteiger partial charge in [-0.1, -0.05) is 6.07 Å². The van der Waals surface area contributed by atoms with E-state index in [0.29, 0.717) is 51.7 Å². The Kier molecular flexibility index (Phi) is 9.15. The maximum absolute atomic E-state index is 13.5. The van der Waals surface area contributed by atoms with E-state index in [9.17, 15) is 29.8 Å². The van der Waals surface area contributed by atoms with Crippen molar-refractivity contribution in [2.24, 2.45) is 0 Å². The quantitative estimate of drug-likeness (QED) is 0.198. The topological polar surface area (TPSA) is 169 Å². The van der Waals surface area contributed by atoms with Crippen LogP contribution in [0.15, 0.2) is 52.2 Å². The number of aryl methyl sites for hydroxylation is 1. The Morgan fingerprint density at radius 3 is 2.38 bits per heavy atom. The van der Waals surface area contributed by atoms with Crippen molar-refractivity contribution in [3.63, 3.8) is 0 Å². The number of nitrogens with one attached hydrogen (secondary N) is 1. The molecule has 0 fully saturated rings. The number of hydrogen-bond acceptors (Lipinski definition) is 11. The average Bonchev–Trinajstić information content (AvgIpc) is 3.22. The number of methoxy groups -OCH3 is 3. The van der Waals surface area contributed by atoms with Gasteiger partial charge in [-0.3, -0.25) is 19.7 Å². The second kappa shape index (κ2) is 12.8. The summed E-state index contributed by atoms with van der Waals surface area (Å²) >= 11 is 1.29. The van der Waals surface area contributed by atoms with Crippen LogP contribution in [-0.4, -0.2) is 43.5 Å². The molecule has 13 nitrogen and oxygen atoms in total. The zero-order valence-electron chi connectivity index (χ0n) is 23.1. The van der Waals surface area contributed by atoms with Crippen LogP contribution in [0.1, 0.15) is 39.5 Å². The summed E-state index contributed by atoms with van der Waals surface area (Å²) in [5.74, 6) is 0.652. The van der Waals surface area contributed by atoms with Gasteiger partial charge < -0.3 is 24.4 Å². The monoisotopic (exact) mass is 597 g/mol. The lowest BCUT2D eigenvalue weighted by Gasteiger charge is -2.20. The van der Waals surface area contributed by atoms with Gasteiger partial charge in [0.15, 0.2) is 16.9 Å². The number of nitro benzene ring substituents is 1. The van der Waals surface area contributed by atoms with Crippen LogP contribution < -0.4 is 25.0 Å². The SMILES string of the molecule is COc1cc2c(c(OC)c1OC)-c1ccc(SC)c(=O)cc1[C@@H](NC(=O)c1ccc([N+](=O)[O-])c(CO[N+](=O)[O-])c1)CC2. The smallest absolute Gasteiger partial charge is 0.294 e. The number of thioether (sulfide) groups is 1. The lowest BCUT2D eigenvalue weighted by molar-refractivity contribution is -0.763. The van der Waals surface area contributed by atoms with E-state index in [1.54, 1.807) is 18.4 Å². The maximum Gasteiger partial charge on any atom is 0.294 e. The number of carbonyl (C=O) groups is 1. The van der Waals surface area contributed by atoms with Gasteiger partial charge in [0.25, 0.3) is 16.7 Å². The average molecular weight is 598 g/mol. The molecule has 3 aromatic carbocycles. The molecule has 14 heteroatoms. The third-order valence-corrected chi connectivity index (χ3v) is 7.67. The minimum atomic E-state index is -1.07. The first kappa shape index (κ1) is 30.1. The summed E-state index contributed by atoms with van der Waals surface area (Å²) < 4.78 is 16.9. The normalized spacial score (nSPS) is 13.6. The summed E-state index contributed by atoms with van der Waals surface area (Å²) in [4.78, 5) is 52.9. The van der Waals surface area contributed by atoms with Crippen LogP contribution in [0.3, 0.4) is 0 Å². The Labute approximate surface area is 244 Å². The van der Waals surface area contributed by atoms with Gasteiger partial charge in [-0.2, -0.15) is 0 Å². The van der Waals surface area contributed by atoms with Crippen LogP contribution in [0.25, 0.3) is 11.1 Å². The predicted octanol–water partition coefficient (Wildman–Crippen LogP) is 4.50. The molecule has 220 valence electrons. The van der Waals surface area contributed by atoms with Gasteiger partial charge in [0.2, 0.25) is 5.75 Å². The molecule has 0 aliphatic heterocycles. The Morgan fingerprint density at radius 2 is 1.76 bits per heavy atom. The fourth-order valence-electron chi connectivity index (χ4n) is 5.00. The summed E-state index contributed by atoms with van der Waals surface area (Å²) in [6.07, 6.45) is 2.63. The fourth-order valence-corrected chi connectivity index (χ4v) is 5.47. The van der Waals surface area contributed by atoms with E-state index in [4.69, 9.17) is 14.2 Å². The first-order valence-electron chi connectivity index (χ1n) is 12.5. The predicted molar refractivity (Wildman–Crippen MR) is 153 cm³/mol. The van der Waals surface area contributed by atoms with Crippen molar-refractivity contribution >= 4 is 23.4 Å². The Hall–Kier alpha value is -4.85. The molecule has 0 heterocycles. The highest BCUT2D eigenvalue weighted by Crippen LogP contribution is 2.50. The molecule has 42 heavy (non-hydrogen) atoms. The number of hydrogen-bond donors (Lipinski definition) is 1. The molecule has 1 N–H and O–H groups in total. The van der Waals surface area contributed by atoms with Gasteiger partial charge in [0, 0.05) is 17.2 Å². The third-order valence-electron chi connectivity index (χ3n) is 6.89. The van der Waals surface area contributed by atoms with Crippen LogP contribution in [0, 0.1) is 20.2 Å². The molecule has 0 saturated heterocycles. The summed E-state index contributed by atoms with van der Waals surface area (Å²) in [5, 5.41) is 24.0. The van der Waals surface area contributed by atoms with E-state index in [1.165, 1.54) is 51.3 Å². The minimum absolute atomic E-state index is 0.0271. The lowest BCUT2D eigenvalue weighted by Crippen LogP contribution is -2.29. The van der Waals surface area contributed by atoms with Crippen molar-refractivity contribution in [1.29, 1.82) is 0 Å². The van der Waals surface area contributed by atoms with Crippen molar-refractivity contribution in [1.82, 2.24) is 5.32 Å². The number of nitro groups is 1. The highest BCUT2D eigenvalue weighted by atomic mass is 32.2.